The molecule has 0 amide bonds. The molecule has 0 radical (unpaired) electrons. The number of phenolic OH excluding ortho intramolecular Hbond substituents is 1. The van der Waals surface area contributed by atoms with Crippen LogP contribution in [0.2, 0.25) is 0 Å². The van der Waals surface area contributed by atoms with E-state index < -0.39 is 5.97 Å². The van der Waals surface area contributed by atoms with Crippen LogP contribution in [0.5, 0.6) is 5.75 Å². The molecule has 0 aliphatic carbocycles. The molecule has 3 nitrogen and oxygen atoms in total. The van der Waals surface area contributed by atoms with E-state index in [9.17, 15) is 9.90 Å². The summed E-state index contributed by atoms with van der Waals surface area (Å²) < 4.78 is 4.86. The Bertz CT molecular complexity index is 342. The van der Waals surface area contributed by atoms with Crippen molar-refractivity contribution in [3.8, 4) is 5.75 Å². The molecule has 0 bridgehead atoms. The molecule has 0 aromatic heterocycles. The van der Waals surface area contributed by atoms with Gasteiger partial charge in [-0.2, -0.15) is 0 Å². The van der Waals surface area contributed by atoms with Gasteiger partial charge < -0.3 is 9.84 Å². The highest BCUT2D eigenvalue weighted by molar-refractivity contribution is 5.81. The molecule has 0 spiro atoms. The minimum atomic E-state index is -0.407. The predicted molar refractivity (Wildman–Crippen MR) is 52.7 cm³/mol. The lowest BCUT2D eigenvalue weighted by atomic mass is 10.2. The molecule has 0 aliphatic rings. The smallest absolute Gasteiger partial charge is 0.330 e. The highest BCUT2D eigenvalue weighted by Gasteiger charge is 2.01. The first-order valence-electron chi connectivity index (χ1n) is 4.30. The van der Waals surface area contributed by atoms with E-state index in [1.54, 1.807) is 37.3 Å². The van der Waals surface area contributed by atoms with E-state index in [4.69, 9.17) is 4.74 Å². The van der Waals surface area contributed by atoms with Crippen LogP contribution in [0, 0.1) is 0 Å². The summed E-state index contributed by atoms with van der Waals surface area (Å²) in [6.07, 6.45) is 2.94. The Balaban J connectivity index is 2.54. The fraction of sp³-hybridized carbons (Fsp3) is 0.182. The van der Waals surface area contributed by atoms with Crippen molar-refractivity contribution in [3.05, 3.63) is 42.0 Å². The summed E-state index contributed by atoms with van der Waals surface area (Å²) in [5.74, 6) is -0.267. The zero-order chi connectivity index (χ0) is 10.4. The molecule has 3 heteroatoms. The van der Waals surface area contributed by atoms with E-state index in [0.717, 1.165) is 0 Å². The molecular formula is C11H12O3. The molecule has 0 atom stereocenters. The Morgan fingerprint density at radius 3 is 2.86 bits per heavy atom. The molecule has 74 valence electrons. The maximum absolute atomic E-state index is 10.9. The zero-order valence-electron chi connectivity index (χ0n) is 7.93. The van der Waals surface area contributed by atoms with Crippen LogP contribution in [-0.2, 0) is 16.1 Å². The molecule has 0 saturated carbocycles. The van der Waals surface area contributed by atoms with Gasteiger partial charge in [-0.25, -0.2) is 4.79 Å². The maximum Gasteiger partial charge on any atom is 0.330 e. The number of aromatic hydroxyl groups is 1. The fourth-order valence-electron chi connectivity index (χ4n) is 0.966. The summed E-state index contributed by atoms with van der Waals surface area (Å²) in [5, 5.41) is 9.34. The van der Waals surface area contributed by atoms with Gasteiger partial charge in [-0.15, -0.1) is 0 Å². The number of carbonyl (C=O) groups excluding carboxylic acids is 1. The second-order valence-electron chi connectivity index (χ2n) is 2.74. The van der Waals surface area contributed by atoms with Gasteiger partial charge in [0.1, 0.15) is 12.4 Å². The van der Waals surface area contributed by atoms with Crippen molar-refractivity contribution in [3.63, 3.8) is 0 Å². The third-order valence-electron chi connectivity index (χ3n) is 1.66. The lowest BCUT2D eigenvalue weighted by molar-refractivity contribution is -0.139. The van der Waals surface area contributed by atoms with Crippen molar-refractivity contribution in [2.75, 3.05) is 0 Å². The zero-order valence-corrected chi connectivity index (χ0v) is 7.93. The molecule has 0 aliphatic heterocycles. The number of phenols is 1. The van der Waals surface area contributed by atoms with Gasteiger partial charge in [-0.3, -0.25) is 0 Å². The fourth-order valence-corrected chi connectivity index (χ4v) is 0.966. The van der Waals surface area contributed by atoms with E-state index in [0.29, 0.717) is 5.56 Å². The lowest BCUT2D eigenvalue weighted by Crippen LogP contribution is -2.00. The summed E-state index contributed by atoms with van der Waals surface area (Å²) >= 11 is 0. The van der Waals surface area contributed by atoms with Crippen molar-refractivity contribution in [2.24, 2.45) is 0 Å². The predicted octanol–water partition coefficient (Wildman–Crippen LogP) is 2.01. The van der Waals surface area contributed by atoms with Gasteiger partial charge in [0.25, 0.3) is 0 Å². The summed E-state index contributed by atoms with van der Waals surface area (Å²) in [7, 11) is 0. The van der Waals surface area contributed by atoms with E-state index >= 15 is 0 Å². The molecule has 0 saturated heterocycles. The van der Waals surface area contributed by atoms with Crippen LogP contribution in [0.3, 0.4) is 0 Å². The van der Waals surface area contributed by atoms with Crippen LogP contribution >= 0.6 is 0 Å². The maximum atomic E-state index is 10.9. The van der Waals surface area contributed by atoms with Crippen molar-refractivity contribution in [1.29, 1.82) is 0 Å². The number of hydrogen-bond donors (Lipinski definition) is 1. The first kappa shape index (κ1) is 10.3. The van der Waals surface area contributed by atoms with Crippen LogP contribution in [0.4, 0.5) is 0 Å². The van der Waals surface area contributed by atoms with Crippen LogP contribution < -0.4 is 0 Å². The third kappa shape index (κ3) is 2.94. The second kappa shape index (κ2) is 5.07. The molecule has 0 fully saturated rings. The van der Waals surface area contributed by atoms with Crippen molar-refractivity contribution < 1.29 is 14.6 Å². The summed E-state index contributed by atoms with van der Waals surface area (Å²) in [5.41, 5.74) is 0.602. The molecular weight excluding hydrogens is 180 g/mol. The number of ether oxygens (including phenoxy) is 1. The largest absolute Gasteiger partial charge is 0.508 e. The van der Waals surface area contributed by atoms with Crippen LogP contribution in [-0.4, -0.2) is 11.1 Å². The SMILES string of the molecule is C/C=C/C(=O)OCc1ccccc1O. The lowest BCUT2D eigenvalue weighted by Gasteiger charge is -2.03. The number of para-hydroxylation sites is 1. The van der Waals surface area contributed by atoms with Gasteiger partial charge in [0, 0.05) is 11.6 Å². The Morgan fingerprint density at radius 2 is 2.21 bits per heavy atom. The van der Waals surface area contributed by atoms with Gasteiger partial charge >= 0.3 is 5.97 Å². The van der Waals surface area contributed by atoms with Crippen molar-refractivity contribution in [1.82, 2.24) is 0 Å². The molecule has 1 rings (SSSR count). The number of esters is 1. The van der Waals surface area contributed by atoms with Gasteiger partial charge in [-0.1, -0.05) is 24.3 Å². The standard InChI is InChI=1S/C11H12O3/c1-2-5-11(13)14-8-9-6-3-4-7-10(9)12/h2-7,12H,8H2,1H3/b5-2+. The average Bonchev–Trinajstić information content (AvgIpc) is 2.17. The minimum Gasteiger partial charge on any atom is -0.508 e. The van der Waals surface area contributed by atoms with E-state index in [1.165, 1.54) is 6.08 Å². The molecule has 0 heterocycles. The highest BCUT2D eigenvalue weighted by atomic mass is 16.5. The van der Waals surface area contributed by atoms with Gasteiger partial charge in [0.05, 0.1) is 0 Å². The Labute approximate surface area is 82.6 Å². The van der Waals surface area contributed by atoms with E-state index in [1.807, 2.05) is 0 Å². The molecule has 1 N–H and O–H groups in total. The third-order valence-corrected chi connectivity index (χ3v) is 1.66. The van der Waals surface area contributed by atoms with Gasteiger partial charge in [0.2, 0.25) is 0 Å². The first-order chi connectivity index (χ1) is 6.74. The van der Waals surface area contributed by atoms with E-state index in [-0.39, 0.29) is 12.4 Å². The van der Waals surface area contributed by atoms with Crippen LogP contribution in [0.1, 0.15) is 12.5 Å². The number of benzene rings is 1. The number of rotatable bonds is 3. The number of hydrogen-bond acceptors (Lipinski definition) is 3. The number of carbonyl (C=O) groups is 1. The summed E-state index contributed by atoms with van der Waals surface area (Å²) in [6, 6.07) is 6.75. The minimum absolute atomic E-state index is 0.0931. The van der Waals surface area contributed by atoms with E-state index in [2.05, 4.69) is 0 Å². The molecule has 1 aromatic carbocycles. The Morgan fingerprint density at radius 1 is 1.50 bits per heavy atom. The first-order valence-corrected chi connectivity index (χ1v) is 4.30. The number of allylic oxidation sites excluding steroid dienone is 1. The van der Waals surface area contributed by atoms with Crippen LogP contribution in [0.15, 0.2) is 36.4 Å². The van der Waals surface area contributed by atoms with Crippen LogP contribution in [0.25, 0.3) is 0 Å². The van der Waals surface area contributed by atoms with Crippen molar-refractivity contribution >= 4 is 5.97 Å². The normalized spacial score (nSPS) is 10.4. The summed E-state index contributed by atoms with van der Waals surface area (Å²) in [6.45, 7) is 1.83. The topological polar surface area (TPSA) is 46.5 Å². The van der Waals surface area contributed by atoms with Gasteiger partial charge in [0.15, 0.2) is 0 Å². The Kier molecular flexibility index (Phi) is 3.73. The molecule has 1 aromatic rings. The quantitative estimate of drug-likeness (QED) is 0.588. The highest BCUT2D eigenvalue weighted by Crippen LogP contribution is 2.16. The molecule has 0 unspecified atom stereocenters. The second-order valence-corrected chi connectivity index (χ2v) is 2.74. The average molecular weight is 192 g/mol. The molecule has 14 heavy (non-hydrogen) atoms. The van der Waals surface area contributed by atoms with Gasteiger partial charge in [-0.05, 0) is 13.0 Å². The Hall–Kier alpha value is -1.77. The van der Waals surface area contributed by atoms with Crippen molar-refractivity contribution in [2.45, 2.75) is 13.5 Å². The summed E-state index contributed by atoms with van der Waals surface area (Å²) in [4.78, 5) is 10.9. The monoisotopic (exact) mass is 192 g/mol.